The number of rotatable bonds is 7. The number of anilines is 1. The van der Waals surface area contributed by atoms with Crippen LogP contribution in [-0.2, 0) is 17.5 Å². The van der Waals surface area contributed by atoms with Crippen LogP contribution in [0.3, 0.4) is 0 Å². The van der Waals surface area contributed by atoms with E-state index in [-0.39, 0.29) is 23.7 Å². The monoisotopic (exact) mass is 606 g/mol. The van der Waals surface area contributed by atoms with Gasteiger partial charge in [-0.3, -0.25) is 4.79 Å². The maximum Gasteiger partial charge on any atom is 0.435 e. The highest BCUT2D eigenvalue weighted by atomic mass is 19.4. The van der Waals surface area contributed by atoms with Crippen LogP contribution in [0, 0.1) is 6.92 Å². The lowest BCUT2D eigenvalue weighted by Crippen LogP contribution is -2.26. The van der Waals surface area contributed by atoms with Crippen molar-refractivity contribution >= 4 is 28.7 Å². The number of benzene rings is 3. The fourth-order valence-corrected chi connectivity index (χ4v) is 4.34. The largest absolute Gasteiger partial charge is 0.473 e. The first-order valence-electron chi connectivity index (χ1n) is 13.6. The number of esters is 1. The van der Waals surface area contributed by atoms with E-state index in [9.17, 15) is 22.8 Å². The molecule has 5 aromatic rings. The SMILES string of the molecule is Cc1nc2ccc(N(C)C(=O)c3cccc(-n4nc(C(F)(F)F)cc4OCc4ccc(C(=O)OC(C)(C)C)cc4)c3)cc2o1. The number of ether oxygens (including phenoxy) is 2. The predicted octanol–water partition coefficient (Wildman–Crippen LogP) is 7.15. The Bertz CT molecular complexity index is 1840. The van der Waals surface area contributed by atoms with E-state index < -0.39 is 29.3 Å². The summed E-state index contributed by atoms with van der Waals surface area (Å²) in [4.78, 5) is 31.3. The van der Waals surface area contributed by atoms with Gasteiger partial charge in [0.15, 0.2) is 17.2 Å². The van der Waals surface area contributed by atoms with Crippen molar-refractivity contribution in [3.63, 3.8) is 0 Å². The van der Waals surface area contributed by atoms with Crippen molar-refractivity contribution in [2.45, 2.75) is 46.1 Å². The van der Waals surface area contributed by atoms with Crippen molar-refractivity contribution in [2.24, 2.45) is 0 Å². The van der Waals surface area contributed by atoms with Crippen molar-refractivity contribution in [2.75, 3.05) is 11.9 Å². The molecule has 0 saturated heterocycles. The number of nitrogens with zero attached hydrogens (tertiary/aromatic N) is 4. The molecule has 0 saturated carbocycles. The molecule has 9 nitrogen and oxygen atoms in total. The van der Waals surface area contributed by atoms with E-state index in [1.54, 1.807) is 89.3 Å². The van der Waals surface area contributed by atoms with E-state index in [1.165, 1.54) is 17.0 Å². The Labute approximate surface area is 250 Å². The zero-order valence-corrected chi connectivity index (χ0v) is 24.6. The minimum absolute atomic E-state index is 0.109. The quantitative estimate of drug-likeness (QED) is 0.181. The number of carbonyl (C=O) groups is 2. The molecular weight excluding hydrogens is 577 g/mol. The van der Waals surface area contributed by atoms with E-state index >= 15 is 0 Å². The number of amides is 1. The van der Waals surface area contributed by atoms with Crippen molar-refractivity contribution in [3.05, 3.63) is 101 Å². The number of halogens is 3. The van der Waals surface area contributed by atoms with Crippen LogP contribution < -0.4 is 9.64 Å². The van der Waals surface area contributed by atoms with Gasteiger partial charge in [-0.15, -0.1) is 0 Å². The molecule has 0 unspecified atom stereocenters. The molecule has 2 aromatic heterocycles. The molecule has 228 valence electrons. The average molecular weight is 607 g/mol. The molecule has 5 rings (SSSR count). The van der Waals surface area contributed by atoms with Gasteiger partial charge in [-0.05, 0) is 68.8 Å². The Morgan fingerprint density at radius 2 is 1.68 bits per heavy atom. The molecular formula is C32H29F3N4O5. The highest BCUT2D eigenvalue weighted by Crippen LogP contribution is 2.33. The molecule has 0 spiro atoms. The predicted molar refractivity (Wildman–Crippen MR) is 156 cm³/mol. The fraction of sp³-hybridized carbons (Fsp3) is 0.250. The van der Waals surface area contributed by atoms with Gasteiger partial charge in [0.1, 0.15) is 17.7 Å². The second-order valence-corrected chi connectivity index (χ2v) is 11.1. The number of hydrogen-bond donors (Lipinski definition) is 0. The van der Waals surface area contributed by atoms with Crippen molar-refractivity contribution < 1.29 is 36.7 Å². The summed E-state index contributed by atoms with van der Waals surface area (Å²) < 4.78 is 58.7. The Balaban J connectivity index is 1.38. The summed E-state index contributed by atoms with van der Waals surface area (Å²) in [7, 11) is 1.58. The smallest absolute Gasteiger partial charge is 0.435 e. The highest BCUT2D eigenvalue weighted by molar-refractivity contribution is 6.06. The fourth-order valence-electron chi connectivity index (χ4n) is 4.34. The summed E-state index contributed by atoms with van der Waals surface area (Å²) in [6.07, 6.45) is -4.73. The molecule has 3 aromatic carbocycles. The minimum atomic E-state index is -4.73. The lowest BCUT2D eigenvalue weighted by molar-refractivity contribution is -0.141. The number of oxazole rings is 1. The third-order valence-electron chi connectivity index (χ3n) is 6.45. The molecule has 0 aliphatic carbocycles. The zero-order chi connectivity index (χ0) is 31.8. The lowest BCUT2D eigenvalue weighted by Gasteiger charge is -2.19. The average Bonchev–Trinajstić information content (AvgIpc) is 3.57. The Hall–Kier alpha value is -5.13. The molecule has 0 atom stereocenters. The second kappa shape index (κ2) is 11.5. The van der Waals surface area contributed by atoms with Crippen LogP contribution in [-0.4, -0.2) is 39.3 Å². The zero-order valence-electron chi connectivity index (χ0n) is 24.6. The first-order valence-corrected chi connectivity index (χ1v) is 13.6. The van der Waals surface area contributed by atoms with Crippen LogP contribution in [0.25, 0.3) is 16.8 Å². The van der Waals surface area contributed by atoms with Gasteiger partial charge in [-0.1, -0.05) is 18.2 Å². The van der Waals surface area contributed by atoms with E-state index in [0.717, 1.165) is 10.7 Å². The van der Waals surface area contributed by atoms with Crippen LogP contribution >= 0.6 is 0 Å². The summed E-state index contributed by atoms with van der Waals surface area (Å²) in [6.45, 7) is 6.89. The third-order valence-corrected chi connectivity index (χ3v) is 6.45. The third kappa shape index (κ3) is 6.74. The summed E-state index contributed by atoms with van der Waals surface area (Å²) >= 11 is 0. The number of carbonyl (C=O) groups excluding carboxylic acids is 2. The number of aryl methyl sites for hydroxylation is 1. The summed E-state index contributed by atoms with van der Waals surface area (Å²) in [6, 6.07) is 18.4. The lowest BCUT2D eigenvalue weighted by atomic mass is 10.1. The van der Waals surface area contributed by atoms with Crippen molar-refractivity contribution in [3.8, 4) is 11.6 Å². The molecule has 44 heavy (non-hydrogen) atoms. The Kier molecular flexibility index (Phi) is 7.94. The Morgan fingerprint density at radius 1 is 0.955 bits per heavy atom. The molecule has 0 N–H and O–H groups in total. The summed E-state index contributed by atoms with van der Waals surface area (Å²) in [5, 5.41) is 3.74. The number of aromatic nitrogens is 3. The molecule has 0 aliphatic heterocycles. The maximum atomic E-state index is 13.7. The first-order chi connectivity index (χ1) is 20.7. The number of hydrogen-bond acceptors (Lipinski definition) is 7. The van der Waals surface area contributed by atoms with Gasteiger partial charge in [0.2, 0.25) is 5.88 Å². The molecule has 0 bridgehead atoms. The summed E-state index contributed by atoms with van der Waals surface area (Å²) in [5.41, 5.74) is 1.24. The highest BCUT2D eigenvalue weighted by Gasteiger charge is 2.35. The normalized spacial score (nSPS) is 11.9. The number of fused-ring (bicyclic) bond motifs is 1. The van der Waals surface area contributed by atoms with E-state index in [0.29, 0.717) is 33.8 Å². The molecule has 0 radical (unpaired) electrons. The van der Waals surface area contributed by atoms with Crippen LogP contribution in [0.2, 0.25) is 0 Å². The van der Waals surface area contributed by atoms with Gasteiger partial charge in [0.25, 0.3) is 5.91 Å². The Morgan fingerprint density at radius 3 is 2.36 bits per heavy atom. The second-order valence-electron chi connectivity index (χ2n) is 11.1. The molecule has 1 amide bonds. The van der Waals surface area contributed by atoms with Gasteiger partial charge >= 0.3 is 12.1 Å². The first kappa shape index (κ1) is 30.3. The van der Waals surface area contributed by atoms with Gasteiger partial charge < -0.3 is 18.8 Å². The molecule has 0 aliphatic rings. The van der Waals surface area contributed by atoms with E-state index in [4.69, 9.17) is 13.9 Å². The van der Waals surface area contributed by atoms with E-state index in [2.05, 4.69) is 10.1 Å². The van der Waals surface area contributed by atoms with Crippen molar-refractivity contribution in [1.82, 2.24) is 14.8 Å². The van der Waals surface area contributed by atoms with Crippen LogP contribution in [0.5, 0.6) is 5.88 Å². The van der Waals surface area contributed by atoms with Gasteiger partial charge in [0, 0.05) is 37.4 Å². The summed E-state index contributed by atoms with van der Waals surface area (Å²) in [5.74, 6) is -0.588. The topological polar surface area (TPSA) is 99.7 Å². The minimum Gasteiger partial charge on any atom is -0.473 e. The van der Waals surface area contributed by atoms with Gasteiger partial charge in [-0.2, -0.15) is 18.3 Å². The van der Waals surface area contributed by atoms with Crippen LogP contribution in [0.1, 0.15) is 58.6 Å². The van der Waals surface area contributed by atoms with Crippen LogP contribution in [0.15, 0.2) is 77.2 Å². The number of alkyl halides is 3. The molecule has 2 heterocycles. The van der Waals surface area contributed by atoms with E-state index in [1.807, 2.05) is 0 Å². The molecule has 0 fully saturated rings. The van der Waals surface area contributed by atoms with Crippen LogP contribution in [0.4, 0.5) is 18.9 Å². The van der Waals surface area contributed by atoms with Gasteiger partial charge in [0.05, 0.1) is 11.3 Å². The maximum absolute atomic E-state index is 13.7. The standard InChI is InChI=1S/C32H29F3N4O5/c1-19-36-25-14-13-23(16-26(25)43-19)38(5)29(40)22-7-6-8-24(15-22)39-28(17-27(37-39)32(33,34)35)42-18-20-9-11-21(12-10-20)30(41)44-31(2,3)4/h6-17H,18H2,1-5H3. The van der Waals surface area contributed by atoms with Gasteiger partial charge in [-0.25, -0.2) is 14.5 Å². The van der Waals surface area contributed by atoms with Crippen molar-refractivity contribution in [1.29, 1.82) is 0 Å². The molecule has 12 heteroatoms.